The average molecular weight is 404 g/mol. The summed E-state index contributed by atoms with van der Waals surface area (Å²) in [5.74, 6) is -3.51. The van der Waals surface area contributed by atoms with Crippen molar-refractivity contribution in [2.75, 3.05) is 7.11 Å². The standard InChI is InChI=1S/C23H16O7/c1-9-4-12-19(15(25)5-9)16(26)7-13(21(12)27)18-10(2)6-11-14(24)8-17(30-3)22(28)20(11)23(18)29/h4-8,25,29H,1-3H3. The topological polar surface area (TPSA) is 118 Å². The van der Waals surface area contributed by atoms with Gasteiger partial charge in [-0.3, -0.25) is 19.2 Å². The van der Waals surface area contributed by atoms with Crippen LogP contribution in [0.2, 0.25) is 0 Å². The lowest BCUT2D eigenvalue weighted by atomic mass is 9.80. The predicted octanol–water partition coefficient (Wildman–Crippen LogP) is 3.09. The Kier molecular flexibility index (Phi) is 4.20. The summed E-state index contributed by atoms with van der Waals surface area (Å²) in [6, 6.07) is 4.26. The molecule has 7 nitrogen and oxygen atoms in total. The molecule has 0 aliphatic heterocycles. The summed E-state index contributed by atoms with van der Waals surface area (Å²) in [4.78, 5) is 50.9. The van der Waals surface area contributed by atoms with Crippen LogP contribution < -0.4 is 0 Å². The highest BCUT2D eigenvalue weighted by Gasteiger charge is 2.36. The number of benzene rings is 2. The molecule has 2 aromatic rings. The first kappa shape index (κ1) is 19.3. The van der Waals surface area contributed by atoms with Gasteiger partial charge in [0.25, 0.3) is 0 Å². The first-order chi connectivity index (χ1) is 14.1. The van der Waals surface area contributed by atoms with Crippen molar-refractivity contribution in [1.82, 2.24) is 0 Å². The molecular formula is C23H16O7. The normalized spacial score (nSPS) is 15.4. The number of rotatable bonds is 2. The van der Waals surface area contributed by atoms with E-state index in [1.807, 2.05) is 0 Å². The van der Waals surface area contributed by atoms with Gasteiger partial charge in [0.05, 0.1) is 18.2 Å². The Labute approximate surface area is 170 Å². The minimum atomic E-state index is -0.699. The van der Waals surface area contributed by atoms with E-state index in [4.69, 9.17) is 4.74 Å². The maximum Gasteiger partial charge on any atom is 0.232 e. The van der Waals surface area contributed by atoms with Gasteiger partial charge in [-0.2, -0.15) is 0 Å². The highest BCUT2D eigenvalue weighted by atomic mass is 16.5. The molecule has 0 atom stereocenters. The summed E-state index contributed by atoms with van der Waals surface area (Å²) in [5, 5.41) is 21.0. The van der Waals surface area contributed by atoms with Crippen LogP contribution in [0.4, 0.5) is 0 Å². The number of carbonyl (C=O) groups is 4. The molecule has 0 aromatic heterocycles. The molecule has 30 heavy (non-hydrogen) atoms. The molecule has 0 spiro atoms. The number of ether oxygens (including phenoxy) is 1. The maximum atomic E-state index is 13.2. The second kappa shape index (κ2) is 6.52. The fraction of sp³-hybridized carbons (Fsp3) is 0.130. The molecule has 0 unspecified atom stereocenters. The van der Waals surface area contributed by atoms with Crippen LogP contribution in [0.3, 0.4) is 0 Å². The second-order valence-corrected chi connectivity index (χ2v) is 7.20. The summed E-state index contributed by atoms with van der Waals surface area (Å²) < 4.78 is 4.93. The third kappa shape index (κ3) is 2.59. The molecule has 2 aliphatic carbocycles. The van der Waals surface area contributed by atoms with Gasteiger partial charge >= 0.3 is 0 Å². The molecule has 2 aliphatic rings. The molecular weight excluding hydrogens is 388 g/mol. The zero-order chi connectivity index (χ0) is 21.9. The number of aryl methyl sites for hydroxylation is 2. The van der Waals surface area contributed by atoms with E-state index >= 15 is 0 Å². The lowest BCUT2D eigenvalue weighted by Crippen LogP contribution is -2.21. The number of phenolic OH excluding ortho intramolecular Hbond substituents is 2. The molecule has 0 heterocycles. The summed E-state index contributed by atoms with van der Waals surface area (Å²) in [7, 11) is 1.23. The largest absolute Gasteiger partial charge is 0.507 e. The fourth-order valence-corrected chi connectivity index (χ4v) is 3.91. The van der Waals surface area contributed by atoms with Crippen molar-refractivity contribution in [3.05, 3.63) is 75.1 Å². The van der Waals surface area contributed by atoms with Crippen molar-refractivity contribution in [2.24, 2.45) is 0 Å². The van der Waals surface area contributed by atoms with Crippen molar-refractivity contribution < 1.29 is 34.1 Å². The van der Waals surface area contributed by atoms with Crippen LogP contribution in [0.15, 0.2) is 36.1 Å². The van der Waals surface area contributed by atoms with Crippen LogP contribution in [-0.4, -0.2) is 40.5 Å². The van der Waals surface area contributed by atoms with Crippen molar-refractivity contribution in [3.8, 4) is 11.5 Å². The highest BCUT2D eigenvalue weighted by Crippen LogP contribution is 2.41. The second-order valence-electron chi connectivity index (χ2n) is 7.20. The summed E-state index contributed by atoms with van der Waals surface area (Å²) in [6.07, 6.45) is 2.07. The summed E-state index contributed by atoms with van der Waals surface area (Å²) in [6.45, 7) is 3.23. The Morgan fingerprint density at radius 1 is 0.767 bits per heavy atom. The fourth-order valence-electron chi connectivity index (χ4n) is 3.91. The van der Waals surface area contributed by atoms with Crippen LogP contribution in [-0.2, 0) is 4.74 Å². The molecule has 0 bridgehead atoms. The van der Waals surface area contributed by atoms with Gasteiger partial charge < -0.3 is 14.9 Å². The van der Waals surface area contributed by atoms with Crippen LogP contribution in [0.25, 0.3) is 5.57 Å². The molecule has 2 aromatic carbocycles. The molecule has 0 amide bonds. The minimum Gasteiger partial charge on any atom is -0.507 e. The van der Waals surface area contributed by atoms with E-state index in [-0.39, 0.29) is 44.9 Å². The Hall–Kier alpha value is -4.00. The van der Waals surface area contributed by atoms with Crippen LogP contribution in [0.5, 0.6) is 11.5 Å². The Morgan fingerprint density at radius 2 is 1.47 bits per heavy atom. The summed E-state index contributed by atoms with van der Waals surface area (Å²) >= 11 is 0. The maximum absolute atomic E-state index is 13.2. The van der Waals surface area contributed by atoms with Crippen LogP contribution in [0.1, 0.15) is 58.1 Å². The van der Waals surface area contributed by atoms with Gasteiger partial charge in [0, 0.05) is 28.3 Å². The van der Waals surface area contributed by atoms with Gasteiger partial charge in [-0.05, 0) is 49.2 Å². The van der Waals surface area contributed by atoms with Gasteiger partial charge in [0.1, 0.15) is 11.5 Å². The number of carbonyl (C=O) groups excluding carboxylic acids is 4. The SMILES string of the molecule is COC1=CC(=O)c2cc(C)c(C3=CC(=O)c4c(O)cc(C)cc4C3=O)c(O)c2C1=O. The van der Waals surface area contributed by atoms with Gasteiger partial charge in [-0.15, -0.1) is 0 Å². The van der Waals surface area contributed by atoms with E-state index in [2.05, 4.69) is 0 Å². The van der Waals surface area contributed by atoms with Gasteiger partial charge in [0.15, 0.2) is 23.1 Å². The zero-order valence-corrected chi connectivity index (χ0v) is 16.3. The number of allylic oxidation sites excluding steroid dienone is 4. The Morgan fingerprint density at radius 3 is 2.13 bits per heavy atom. The van der Waals surface area contributed by atoms with E-state index in [1.54, 1.807) is 13.8 Å². The minimum absolute atomic E-state index is 0.00593. The third-order valence-electron chi connectivity index (χ3n) is 5.24. The lowest BCUT2D eigenvalue weighted by Gasteiger charge is -2.22. The van der Waals surface area contributed by atoms with E-state index in [1.165, 1.54) is 25.3 Å². The number of fused-ring (bicyclic) bond motifs is 2. The van der Waals surface area contributed by atoms with Gasteiger partial charge in [-0.1, -0.05) is 0 Å². The molecule has 0 saturated heterocycles. The molecule has 7 heteroatoms. The number of aromatic hydroxyl groups is 2. The van der Waals surface area contributed by atoms with Crippen molar-refractivity contribution in [1.29, 1.82) is 0 Å². The van der Waals surface area contributed by atoms with Crippen molar-refractivity contribution >= 4 is 28.7 Å². The van der Waals surface area contributed by atoms with Gasteiger partial charge in [-0.25, -0.2) is 0 Å². The molecule has 0 fully saturated rings. The van der Waals surface area contributed by atoms with Crippen LogP contribution >= 0.6 is 0 Å². The molecule has 0 saturated carbocycles. The smallest absolute Gasteiger partial charge is 0.232 e. The van der Waals surface area contributed by atoms with Crippen molar-refractivity contribution in [2.45, 2.75) is 13.8 Å². The van der Waals surface area contributed by atoms with E-state index < -0.39 is 28.9 Å². The average Bonchev–Trinajstić information content (AvgIpc) is 2.67. The highest BCUT2D eigenvalue weighted by molar-refractivity contribution is 6.40. The monoisotopic (exact) mass is 404 g/mol. The molecule has 4 rings (SSSR count). The van der Waals surface area contributed by atoms with E-state index in [0.29, 0.717) is 11.1 Å². The van der Waals surface area contributed by atoms with E-state index in [9.17, 15) is 29.4 Å². The summed E-state index contributed by atoms with van der Waals surface area (Å²) in [5.41, 5.74) is 0.390. The predicted molar refractivity (Wildman–Crippen MR) is 106 cm³/mol. The number of hydrogen-bond donors (Lipinski definition) is 2. The zero-order valence-electron chi connectivity index (χ0n) is 16.3. The molecule has 0 radical (unpaired) electrons. The van der Waals surface area contributed by atoms with Crippen LogP contribution in [0, 0.1) is 13.8 Å². The number of hydrogen-bond acceptors (Lipinski definition) is 7. The number of ketones is 4. The first-order valence-electron chi connectivity index (χ1n) is 9.01. The molecule has 2 N–H and O–H groups in total. The quantitative estimate of drug-likeness (QED) is 0.790. The number of phenols is 2. The Balaban J connectivity index is 1.97. The Bertz CT molecular complexity index is 1280. The molecule has 150 valence electrons. The van der Waals surface area contributed by atoms with Crippen molar-refractivity contribution in [3.63, 3.8) is 0 Å². The lowest BCUT2D eigenvalue weighted by molar-refractivity contribution is 0.0913. The number of Topliss-reactive ketones (excluding diaryl/α,β-unsaturated/α-hetero) is 2. The third-order valence-corrected chi connectivity index (χ3v) is 5.24. The number of methoxy groups -OCH3 is 1. The van der Waals surface area contributed by atoms with Gasteiger partial charge in [0.2, 0.25) is 5.78 Å². The first-order valence-corrected chi connectivity index (χ1v) is 9.01. The van der Waals surface area contributed by atoms with E-state index in [0.717, 1.165) is 12.2 Å².